The highest BCUT2D eigenvalue weighted by atomic mass is 16.5. The molecule has 0 N–H and O–H groups in total. The number of rotatable bonds is 4. The fourth-order valence-corrected chi connectivity index (χ4v) is 2.20. The van der Waals surface area contributed by atoms with E-state index in [2.05, 4.69) is 50.2 Å². The van der Waals surface area contributed by atoms with Crippen molar-refractivity contribution in [2.45, 2.75) is 13.0 Å². The second kappa shape index (κ2) is 6.55. The molecule has 2 aromatic carbocycles. The molecule has 0 bridgehead atoms. The zero-order valence-corrected chi connectivity index (χ0v) is 13.0. The van der Waals surface area contributed by atoms with E-state index in [-0.39, 0.29) is 5.97 Å². The second-order valence-electron chi connectivity index (χ2n) is 5.33. The molecule has 0 aliphatic heterocycles. The van der Waals surface area contributed by atoms with Crippen molar-refractivity contribution in [2.75, 3.05) is 21.2 Å². The number of benzene rings is 2. The van der Waals surface area contributed by atoms with Gasteiger partial charge in [0.05, 0.1) is 12.7 Å². The van der Waals surface area contributed by atoms with Gasteiger partial charge < -0.3 is 9.64 Å². The lowest BCUT2D eigenvalue weighted by Gasteiger charge is -2.20. The third kappa shape index (κ3) is 3.50. The fourth-order valence-electron chi connectivity index (χ4n) is 2.20. The molecule has 0 heterocycles. The van der Waals surface area contributed by atoms with E-state index < -0.39 is 0 Å². The zero-order valence-electron chi connectivity index (χ0n) is 13.0. The Balaban J connectivity index is 2.29. The van der Waals surface area contributed by atoms with Gasteiger partial charge in [0, 0.05) is 6.04 Å². The molecule has 0 aliphatic rings. The quantitative estimate of drug-likeness (QED) is 0.800. The van der Waals surface area contributed by atoms with Gasteiger partial charge >= 0.3 is 5.97 Å². The lowest BCUT2D eigenvalue weighted by Crippen LogP contribution is -2.16. The van der Waals surface area contributed by atoms with Crippen molar-refractivity contribution in [3.8, 4) is 11.1 Å². The van der Waals surface area contributed by atoms with Gasteiger partial charge in [-0.25, -0.2) is 4.79 Å². The lowest BCUT2D eigenvalue weighted by atomic mass is 9.99. The Morgan fingerprint density at radius 2 is 1.71 bits per heavy atom. The van der Waals surface area contributed by atoms with Crippen LogP contribution in [-0.2, 0) is 4.74 Å². The number of esters is 1. The van der Waals surface area contributed by atoms with E-state index in [0.717, 1.165) is 11.1 Å². The summed E-state index contributed by atoms with van der Waals surface area (Å²) >= 11 is 0. The fraction of sp³-hybridized carbons (Fsp3) is 0.278. The van der Waals surface area contributed by atoms with Crippen LogP contribution in [0.4, 0.5) is 0 Å². The Morgan fingerprint density at radius 1 is 1.05 bits per heavy atom. The molecule has 0 aliphatic carbocycles. The van der Waals surface area contributed by atoms with Crippen LogP contribution in [0.1, 0.15) is 28.9 Å². The number of ether oxygens (including phenoxy) is 1. The second-order valence-corrected chi connectivity index (χ2v) is 5.33. The molecule has 1 atom stereocenters. The first kappa shape index (κ1) is 15.3. The molecule has 21 heavy (non-hydrogen) atoms. The minimum Gasteiger partial charge on any atom is -0.465 e. The van der Waals surface area contributed by atoms with Crippen LogP contribution < -0.4 is 0 Å². The standard InChI is InChI=1S/C18H21NO2/c1-13(19(2)3)14-8-10-15(11-9-14)16-6-5-7-17(12-16)18(20)21-4/h5-13H,1-4H3/t13-/m1/s1. The normalized spacial score (nSPS) is 12.2. The number of carbonyl (C=O) groups is 1. The molecular weight excluding hydrogens is 262 g/mol. The maximum atomic E-state index is 11.6. The van der Waals surface area contributed by atoms with Crippen LogP contribution in [0.2, 0.25) is 0 Å². The highest BCUT2D eigenvalue weighted by Gasteiger charge is 2.09. The van der Waals surface area contributed by atoms with E-state index in [0.29, 0.717) is 11.6 Å². The van der Waals surface area contributed by atoms with E-state index >= 15 is 0 Å². The predicted molar refractivity (Wildman–Crippen MR) is 85.3 cm³/mol. The molecule has 0 aromatic heterocycles. The first-order valence-corrected chi connectivity index (χ1v) is 6.98. The average molecular weight is 283 g/mol. The van der Waals surface area contributed by atoms with Gasteiger partial charge in [0.15, 0.2) is 0 Å². The summed E-state index contributed by atoms with van der Waals surface area (Å²) in [5, 5.41) is 0. The summed E-state index contributed by atoms with van der Waals surface area (Å²) in [4.78, 5) is 13.8. The Labute approximate surface area is 126 Å². The van der Waals surface area contributed by atoms with E-state index in [1.54, 1.807) is 6.07 Å². The van der Waals surface area contributed by atoms with Crippen LogP contribution in [-0.4, -0.2) is 32.1 Å². The highest BCUT2D eigenvalue weighted by molar-refractivity contribution is 5.90. The lowest BCUT2D eigenvalue weighted by molar-refractivity contribution is 0.0601. The molecule has 0 saturated heterocycles. The van der Waals surface area contributed by atoms with Crippen molar-refractivity contribution in [1.82, 2.24) is 4.90 Å². The Bertz CT molecular complexity index is 617. The van der Waals surface area contributed by atoms with Gasteiger partial charge in [-0.1, -0.05) is 36.4 Å². The third-order valence-corrected chi connectivity index (χ3v) is 3.78. The van der Waals surface area contributed by atoms with Gasteiger partial charge in [-0.15, -0.1) is 0 Å². The summed E-state index contributed by atoms with van der Waals surface area (Å²) in [6, 6.07) is 16.3. The van der Waals surface area contributed by atoms with Gasteiger partial charge in [-0.3, -0.25) is 0 Å². The number of hydrogen-bond donors (Lipinski definition) is 0. The van der Waals surface area contributed by atoms with E-state index in [9.17, 15) is 4.79 Å². The summed E-state index contributed by atoms with van der Waals surface area (Å²) in [6.07, 6.45) is 0. The topological polar surface area (TPSA) is 29.5 Å². The van der Waals surface area contributed by atoms with Crippen LogP contribution in [0.3, 0.4) is 0 Å². The summed E-state index contributed by atoms with van der Waals surface area (Å²) in [5.74, 6) is -0.310. The molecule has 0 unspecified atom stereocenters. The maximum absolute atomic E-state index is 11.6. The number of carbonyl (C=O) groups excluding carboxylic acids is 1. The van der Waals surface area contributed by atoms with Gasteiger partial charge in [-0.05, 0) is 49.8 Å². The number of nitrogens with zero attached hydrogens (tertiary/aromatic N) is 1. The van der Waals surface area contributed by atoms with Crippen molar-refractivity contribution in [2.24, 2.45) is 0 Å². The molecule has 0 fully saturated rings. The van der Waals surface area contributed by atoms with Gasteiger partial charge in [-0.2, -0.15) is 0 Å². The Hall–Kier alpha value is -2.13. The smallest absolute Gasteiger partial charge is 0.337 e. The number of hydrogen-bond acceptors (Lipinski definition) is 3. The minimum atomic E-state index is -0.310. The van der Waals surface area contributed by atoms with Crippen molar-refractivity contribution >= 4 is 5.97 Å². The summed E-state index contributed by atoms with van der Waals surface area (Å²) in [7, 11) is 5.53. The molecule has 3 heteroatoms. The Kier molecular flexibility index (Phi) is 4.76. The third-order valence-electron chi connectivity index (χ3n) is 3.78. The van der Waals surface area contributed by atoms with E-state index in [4.69, 9.17) is 4.74 Å². The van der Waals surface area contributed by atoms with Gasteiger partial charge in [0.1, 0.15) is 0 Å². The zero-order chi connectivity index (χ0) is 15.4. The Morgan fingerprint density at radius 3 is 2.29 bits per heavy atom. The van der Waals surface area contributed by atoms with Crippen LogP contribution in [0, 0.1) is 0 Å². The largest absolute Gasteiger partial charge is 0.465 e. The minimum absolute atomic E-state index is 0.310. The first-order chi connectivity index (χ1) is 10.0. The van der Waals surface area contributed by atoms with Gasteiger partial charge in [0.2, 0.25) is 0 Å². The van der Waals surface area contributed by atoms with E-state index in [1.807, 2.05) is 18.2 Å². The summed E-state index contributed by atoms with van der Waals surface area (Å²) in [6.45, 7) is 2.17. The van der Waals surface area contributed by atoms with E-state index in [1.165, 1.54) is 12.7 Å². The summed E-state index contributed by atoms with van der Waals surface area (Å²) < 4.78 is 4.76. The maximum Gasteiger partial charge on any atom is 0.337 e. The molecule has 0 radical (unpaired) electrons. The molecular formula is C18H21NO2. The first-order valence-electron chi connectivity index (χ1n) is 6.98. The molecule has 0 saturated carbocycles. The molecule has 3 nitrogen and oxygen atoms in total. The van der Waals surface area contributed by atoms with Crippen LogP contribution in [0.25, 0.3) is 11.1 Å². The van der Waals surface area contributed by atoms with Crippen molar-refractivity contribution in [3.05, 3.63) is 59.7 Å². The van der Waals surface area contributed by atoms with Crippen LogP contribution in [0.15, 0.2) is 48.5 Å². The summed E-state index contributed by atoms with van der Waals surface area (Å²) in [5.41, 5.74) is 3.95. The molecule has 0 spiro atoms. The van der Waals surface area contributed by atoms with Crippen molar-refractivity contribution in [3.63, 3.8) is 0 Å². The van der Waals surface area contributed by atoms with Gasteiger partial charge in [0.25, 0.3) is 0 Å². The molecule has 2 rings (SSSR count). The number of methoxy groups -OCH3 is 1. The predicted octanol–water partition coefficient (Wildman–Crippen LogP) is 3.76. The van der Waals surface area contributed by atoms with Crippen molar-refractivity contribution < 1.29 is 9.53 Å². The molecule has 2 aromatic rings. The highest BCUT2D eigenvalue weighted by Crippen LogP contribution is 2.24. The monoisotopic (exact) mass is 283 g/mol. The van der Waals surface area contributed by atoms with Crippen LogP contribution >= 0.6 is 0 Å². The molecule has 110 valence electrons. The average Bonchev–Trinajstić information content (AvgIpc) is 2.53. The molecule has 0 amide bonds. The van der Waals surface area contributed by atoms with Crippen molar-refractivity contribution in [1.29, 1.82) is 0 Å². The van der Waals surface area contributed by atoms with Crippen LogP contribution in [0.5, 0.6) is 0 Å². The SMILES string of the molecule is COC(=O)c1cccc(-c2ccc([C@@H](C)N(C)C)cc2)c1.